The summed E-state index contributed by atoms with van der Waals surface area (Å²) in [7, 11) is 0. The highest BCUT2D eigenvalue weighted by atomic mass is 16.5. The van der Waals surface area contributed by atoms with Gasteiger partial charge in [-0.25, -0.2) is 0 Å². The van der Waals surface area contributed by atoms with Crippen LogP contribution < -0.4 is 0 Å². The van der Waals surface area contributed by atoms with Gasteiger partial charge in [0.15, 0.2) is 6.29 Å². The Kier molecular flexibility index (Phi) is 15.8. The van der Waals surface area contributed by atoms with E-state index in [9.17, 15) is 4.79 Å². The molecule has 0 aromatic carbocycles. The molecule has 0 rings (SSSR count). The quantitative estimate of drug-likeness (QED) is 0.334. The molecular formula is C16H29O2. The van der Waals surface area contributed by atoms with Crippen LogP contribution >= 0.6 is 0 Å². The van der Waals surface area contributed by atoms with Gasteiger partial charge in [-0.3, -0.25) is 4.79 Å². The Morgan fingerprint density at radius 1 is 0.889 bits per heavy atom. The van der Waals surface area contributed by atoms with Crippen LogP contribution in [0.2, 0.25) is 0 Å². The van der Waals surface area contributed by atoms with Gasteiger partial charge in [-0.2, -0.15) is 0 Å². The monoisotopic (exact) mass is 253 g/mol. The zero-order valence-corrected chi connectivity index (χ0v) is 12.0. The fourth-order valence-electron chi connectivity index (χ4n) is 1.87. The van der Waals surface area contributed by atoms with Crippen molar-refractivity contribution in [1.82, 2.24) is 0 Å². The molecule has 1 radical (unpaired) electrons. The summed E-state index contributed by atoms with van der Waals surface area (Å²) in [6.07, 6.45) is 17.9. The molecule has 0 aromatic heterocycles. The lowest BCUT2D eigenvalue weighted by Gasteiger charge is -2.02. The molecular weight excluding hydrogens is 224 g/mol. The minimum absolute atomic E-state index is 0.540. The number of rotatable bonds is 14. The summed E-state index contributed by atoms with van der Waals surface area (Å²) in [5.74, 6) is 0. The molecule has 0 aromatic rings. The summed E-state index contributed by atoms with van der Waals surface area (Å²) in [5.41, 5.74) is 0. The van der Waals surface area contributed by atoms with Crippen molar-refractivity contribution in [3.8, 4) is 0 Å². The average molecular weight is 253 g/mol. The second-order valence-electron chi connectivity index (χ2n) is 4.61. The first kappa shape index (κ1) is 17.4. The fraction of sp³-hybridized carbons (Fsp3) is 0.812. The molecule has 0 spiro atoms. The molecule has 0 heterocycles. The highest BCUT2D eigenvalue weighted by Crippen LogP contribution is 2.09. The number of unbranched alkanes of at least 4 members (excludes halogenated alkanes) is 8. The number of hydrogen-bond donors (Lipinski definition) is 0. The smallest absolute Gasteiger partial charge is 0.198 e. The van der Waals surface area contributed by atoms with Crippen molar-refractivity contribution in [2.24, 2.45) is 0 Å². The van der Waals surface area contributed by atoms with Gasteiger partial charge in [-0.05, 0) is 32.6 Å². The van der Waals surface area contributed by atoms with Crippen LogP contribution in [0.4, 0.5) is 0 Å². The molecule has 2 nitrogen and oxygen atoms in total. The summed E-state index contributed by atoms with van der Waals surface area (Å²) in [5, 5.41) is 0. The van der Waals surface area contributed by atoms with Gasteiger partial charge < -0.3 is 4.74 Å². The molecule has 0 saturated carbocycles. The molecule has 105 valence electrons. The predicted octanol–water partition coefficient (Wildman–Crippen LogP) is 4.59. The molecule has 0 aliphatic rings. The summed E-state index contributed by atoms with van der Waals surface area (Å²) < 4.78 is 5.30. The Bertz CT molecular complexity index is 188. The van der Waals surface area contributed by atoms with Crippen LogP contribution in [0.1, 0.15) is 71.1 Å². The zero-order chi connectivity index (χ0) is 13.3. The molecule has 0 aliphatic carbocycles. The Morgan fingerprint density at radius 3 is 2.17 bits per heavy atom. The number of allylic oxidation sites excluding steroid dienone is 2. The lowest BCUT2D eigenvalue weighted by atomic mass is 10.1. The third-order valence-electron chi connectivity index (χ3n) is 2.94. The standard InChI is InChI=1S/C16H29O2/c1-2-18-16-14-12-10-8-6-4-3-5-7-9-11-13-15-17/h7,9H,2-6,8,10-14,16H2,1H3/b9-7+. The average Bonchev–Trinajstić information content (AvgIpc) is 2.39. The van der Waals surface area contributed by atoms with E-state index in [1.807, 2.05) is 13.2 Å². The number of ether oxygens (including phenoxy) is 1. The summed E-state index contributed by atoms with van der Waals surface area (Å²) in [6.45, 7) is 3.82. The molecule has 0 N–H and O–H groups in total. The molecule has 0 aliphatic heterocycles. The maximum atomic E-state index is 9.96. The Hall–Kier alpha value is -0.630. The third kappa shape index (κ3) is 15.4. The van der Waals surface area contributed by atoms with E-state index in [4.69, 9.17) is 4.74 Å². The van der Waals surface area contributed by atoms with E-state index in [0.29, 0.717) is 6.42 Å². The number of hydrogen-bond acceptors (Lipinski definition) is 2. The maximum absolute atomic E-state index is 9.96. The van der Waals surface area contributed by atoms with E-state index in [1.54, 1.807) is 0 Å². The minimum atomic E-state index is 0.540. The van der Waals surface area contributed by atoms with Crippen LogP contribution in [-0.4, -0.2) is 19.5 Å². The van der Waals surface area contributed by atoms with E-state index >= 15 is 0 Å². The van der Waals surface area contributed by atoms with Crippen LogP contribution in [0.25, 0.3) is 0 Å². The van der Waals surface area contributed by atoms with Crippen molar-refractivity contribution in [2.75, 3.05) is 13.2 Å². The van der Waals surface area contributed by atoms with Gasteiger partial charge in [-0.1, -0.05) is 44.3 Å². The van der Waals surface area contributed by atoms with Crippen LogP contribution in [-0.2, 0) is 9.53 Å². The van der Waals surface area contributed by atoms with Crippen molar-refractivity contribution in [3.05, 3.63) is 12.2 Å². The van der Waals surface area contributed by atoms with Crippen LogP contribution in [0, 0.1) is 0 Å². The SMILES string of the molecule is CCOCCCCCCCCC/C=C/CC[C]=O. The molecule has 0 bridgehead atoms. The molecule has 0 fully saturated rings. The van der Waals surface area contributed by atoms with Crippen LogP contribution in [0.5, 0.6) is 0 Å². The second kappa shape index (κ2) is 16.4. The van der Waals surface area contributed by atoms with Crippen molar-refractivity contribution in [3.63, 3.8) is 0 Å². The van der Waals surface area contributed by atoms with E-state index in [1.165, 1.54) is 44.9 Å². The van der Waals surface area contributed by atoms with E-state index in [2.05, 4.69) is 12.2 Å². The van der Waals surface area contributed by atoms with Gasteiger partial charge in [0, 0.05) is 19.6 Å². The second-order valence-corrected chi connectivity index (χ2v) is 4.61. The highest BCUT2D eigenvalue weighted by Gasteiger charge is 1.91. The molecule has 0 unspecified atom stereocenters. The Balaban J connectivity index is 2.98. The van der Waals surface area contributed by atoms with Crippen molar-refractivity contribution in [2.45, 2.75) is 71.1 Å². The van der Waals surface area contributed by atoms with E-state index in [-0.39, 0.29) is 0 Å². The van der Waals surface area contributed by atoms with Crippen LogP contribution in [0.3, 0.4) is 0 Å². The lowest BCUT2D eigenvalue weighted by Crippen LogP contribution is -1.92. The van der Waals surface area contributed by atoms with Crippen molar-refractivity contribution in [1.29, 1.82) is 0 Å². The van der Waals surface area contributed by atoms with E-state index in [0.717, 1.165) is 26.1 Å². The largest absolute Gasteiger partial charge is 0.382 e. The van der Waals surface area contributed by atoms with Gasteiger partial charge in [0.1, 0.15) is 0 Å². The first-order valence-corrected chi connectivity index (χ1v) is 7.49. The Morgan fingerprint density at radius 2 is 1.50 bits per heavy atom. The lowest BCUT2D eigenvalue weighted by molar-refractivity contribution is 0.143. The summed E-state index contributed by atoms with van der Waals surface area (Å²) in [4.78, 5) is 9.96. The molecule has 0 saturated heterocycles. The molecule has 2 heteroatoms. The van der Waals surface area contributed by atoms with Crippen molar-refractivity contribution < 1.29 is 9.53 Å². The predicted molar refractivity (Wildman–Crippen MR) is 77.5 cm³/mol. The van der Waals surface area contributed by atoms with Gasteiger partial charge in [0.2, 0.25) is 0 Å². The molecule has 0 amide bonds. The third-order valence-corrected chi connectivity index (χ3v) is 2.94. The van der Waals surface area contributed by atoms with E-state index < -0.39 is 0 Å². The summed E-state index contributed by atoms with van der Waals surface area (Å²) in [6, 6.07) is 0. The van der Waals surface area contributed by atoms with Gasteiger partial charge in [0.25, 0.3) is 0 Å². The maximum Gasteiger partial charge on any atom is 0.198 e. The van der Waals surface area contributed by atoms with Gasteiger partial charge in [0.05, 0.1) is 0 Å². The first-order valence-electron chi connectivity index (χ1n) is 7.49. The normalized spacial score (nSPS) is 11.2. The first-order chi connectivity index (χ1) is 8.91. The van der Waals surface area contributed by atoms with Crippen molar-refractivity contribution >= 4 is 6.29 Å². The summed E-state index contributed by atoms with van der Waals surface area (Å²) >= 11 is 0. The zero-order valence-electron chi connectivity index (χ0n) is 12.0. The molecule has 18 heavy (non-hydrogen) atoms. The number of carbonyl (C=O) groups excluding carboxylic acids is 1. The molecule has 0 atom stereocenters. The van der Waals surface area contributed by atoms with Gasteiger partial charge in [-0.15, -0.1) is 0 Å². The fourth-order valence-corrected chi connectivity index (χ4v) is 1.87. The minimum Gasteiger partial charge on any atom is -0.382 e. The van der Waals surface area contributed by atoms with Crippen LogP contribution in [0.15, 0.2) is 12.2 Å². The topological polar surface area (TPSA) is 26.3 Å². The van der Waals surface area contributed by atoms with Gasteiger partial charge >= 0.3 is 0 Å². The highest BCUT2D eigenvalue weighted by molar-refractivity contribution is 5.50. The Labute approximate surface area is 113 Å².